The Morgan fingerprint density at radius 1 is 1.50 bits per heavy atom. The molecule has 2 fully saturated rings. The molecule has 18 heavy (non-hydrogen) atoms. The molecule has 0 spiro atoms. The fourth-order valence-corrected chi connectivity index (χ4v) is 3.02. The molecule has 2 unspecified atom stereocenters. The van der Waals surface area contributed by atoms with Gasteiger partial charge in [-0.3, -0.25) is 9.69 Å². The minimum Gasteiger partial charge on any atom is -0.466 e. The van der Waals surface area contributed by atoms with Crippen LogP contribution in [0.15, 0.2) is 0 Å². The molecule has 2 atom stereocenters. The van der Waals surface area contributed by atoms with E-state index in [9.17, 15) is 9.90 Å². The van der Waals surface area contributed by atoms with Gasteiger partial charge in [0.05, 0.1) is 18.1 Å². The first-order chi connectivity index (χ1) is 8.60. The summed E-state index contributed by atoms with van der Waals surface area (Å²) in [4.78, 5) is 14.4. The molecule has 1 saturated carbocycles. The third-order valence-electron chi connectivity index (χ3n) is 4.17. The second kappa shape index (κ2) is 5.57. The van der Waals surface area contributed by atoms with Crippen LogP contribution in [0.5, 0.6) is 0 Å². The van der Waals surface area contributed by atoms with Crippen molar-refractivity contribution in [3.8, 4) is 0 Å². The van der Waals surface area contributed by atoms with Crippen molar-refractivity contribution in [2.45, 2.75) is 57.6 Å². The molecule has 4 heteroatoms. The average molecular weight is 255 g/mol. The van der Waals surface area contributed by atoms with Gasteiger partial charge in [-0.05, 0) is 32.6 Å². The maximum Gasteiger partial charge on any atom is 0.311 e. The Bertz CT molecular complexity index is 303. The smallest absolute Gasteiger partial charge is 0.311 e. The summed E-state index contributed by atoms with van der Waals surface area (Å²) in [5.41, 5.74) is -0.870. The third-order valence-corrected chi connectivity index (χ3v) is 4.17. The summed E-state index contributed by atoms with van der Waals surface area (Å²) in [5, 5.41) is 10.8. The molecule has 1 saturated heterocycles. The van der Waals surface area contributed by atoms with Gasteiger partial charge in [0.1, 0.15) is 0 Å². The molecule has 1 heterocycles. The number of carbonyl (C=O) groups excluding carboxylic acids is 1. The van der Waals surface area contributed by atoms with E-state index in [1.165, 1.54) is 12.8 Å². The van der Waals surface area contributed by atoms with Crippen LogP contribution in [0.1, 0.15) is 46.0 Å². The summed E-state index contributed by atoms with van der Waals surface area (Å²) in [6.07, 6.45) is 4.80. The first-order valence-corrected chi connectivity index (χ1v) is 7.23. The van der Waals surface area contributed by atoms with E-state index in [1.54, 1.807) is 0 Å². The lowest BCUT2D eigenvalue weighted by atomic mass is 9.83. The quantitative estimate of drug-likeness (QED) is 0.732. The molecule has 1 aliphatic heterocycles. The number of β-amino-alcohol motifs (C(OH)–C–C–N with tert-alkyl or cyclic N) is 1. The number of hydrogen-bond acceptors (Lipinski definition) is 4. The topological polar surface area (TPSA) is 49.8 Å². The molecule has 1 N–H and O–H groups in total. The molecule has 0 bridgehead atoms. The lowest BCUT2D eigenvalue weighted by Gasteiger charge is -2.31. The highest BCUT2D eigenvalue weighted by atomic mass is 16.5. The van der Waals surface area contributed by atoms with Gasteiger partial charge in [0.15, 0.2) is 0 Å². The number of nitrogens with zero attached hydrogens (tertiary/aromatic N) is 1. The third kappa shape index (κ3) is 2.86. The monoisotopic (exact) mass is 255 g/mol. The Labute approximate surface area is 109 Å². The van der Waals surface area contributed by atoms with Crippen molar-refractivity contribution >= 4 is 5.97 Å². The highest BCUT2D eigenvalue weighted by Gasteiger charge is 2.49. The molecular weight excluding hydrogens is 230 g/mol. The average Bonchev–Trinajstić information content (AvgIpc) is 3.10. The van der Waals surface area contributed by atoms with Crippen molar-refractivity contribution in [3.05, 3.63) is 0 Å². The van der Waals surface area contributed by atoms with Crippen LogP contribution in [0.25, 0.3) is 0 Å². The zero-order valence-electron chi connectivity index (χ0n) is 11.5. The van der Waals surface area contributed by atoms with E-state index in [0.29, 0.717) is 32.0 Å². The summed E-state index contributed by atoms with van der Waals surface area (Å²) >= 11 is 0. The van der Waals surface area contributed by atoms with Gasteiger partial charge >= 0.3 is 5.97 Å². The van der Waals surface area contributed by atoms with Crippen molar-refractivity contribution in [1.82, 2.24) is 4.90 Å². The van der Waals surface area contributed by atoms with Gasteiger partial charge in [-0.25, -0.2) is 0 Å². The van der Waals surface area contributed by atoms with Crippen molar-refractivity contribution in [2.24, 2.45) is 5.92 Å². The molecule has 0 amide bonds. The predicted molar refractivity (Wildman–Crippen MR) is 69.2 cm³/mol. The molecule has 4 nitrogen and oxygen atoms in total. The van der Waals surface area contributed by atoms with Gasteiger partial charge in [-0.15, -0.1) is 0 Å². The molecule has 1 aliphatic carbocycles. The highest BCUT2D eigenvalue weighted by Crippen LogP contribution is 2.38. The van der Waals surface area contributed by atoms with Crippen molar-refractivity contribution < 1.29 is 14.6 Å². The van der Waals surface area contributed by atoms with Crippen molar-refractivity contribution in [3.63, 3.8) is 0 Å². The van der Waals surface area contributed by atoms with Crippen LogP contribution in [-0.2, 0) is 9.53 Å². The van der Waals surface area contributed by atoms with Crippen LogP contribution < -0.4 is 0 Å². The second-order valence-electron chi connectivity index (χ2n) is 5.65. The van der Waals surface area contributed by atoms with Gasteiger partial charge in [0, 0.05) is 19.1 Å². The van der Waals surface area contributed by atoms with Crippen LogP contribution in [0, 0.1) is 5.92 Å². The number of hydrogen-bond donors (Lipinski definition) is 1. The second-order valence-corrected chi connectivity index (χ2v) is 5.65. The van der Waals surface area contributed by atoms with E-state index in [-0.39, 0.29) is 11.9 Å². The summed E-state index contributed by atoms with van der Waals surface area (Å²) in [6, 6.07) is 0.656. The Kier molecular flexibility index (Phi) is 4.28. The number of ether oxygens (including phenoxy) is 1. The number of esters is 1. The van der Waals surface area contributed by atoms with Gasteiger partial charge in [0.2, 0.25) is 0 Å². The van der Waals surface area contributed by atoms with E-state index in [2.05, 4.69) is 4.90 Å². The Morgan fingerprint density at radius 2 is 2.22 bits per heavy atom. The van der Waals surface area contributed by atoms with Crippen molar-refractivity contribution in [2.75, 3.05) is 19.7 Å². The predicted octanol–water partition coefficient (Wildman–Crippen LogP) is 1.57. The summed E-state index contributed by atoms with van der Waals surface area (Å²) < 4.78 is 5.13. The van der Waals surface area contributed by atoms with Crippen LogP contribution in [-0.4, -0.2) is 47.3 Å². The first kappa shape index (κ1) is 13.8. The summed E-state index contributed by atoms with van der Waals surface area (Å²) in [6.45, 7) is 5.81. The van der Waals surface area contributed by atoms with E-state index < -0.39 is 5.60 Å². The summed E-state index contributed by atoms with van der Waals surface area (Å²) in [5.74, 6) is -0.578. The van der Waals surface area contributed by atoms with Gasteiger partial charge in [0.25, 0.3) is 0 Å². The van der Waals surface area contributed by atoms with Crippen LogP contribution >= 0.6 is 0 Å². The number of carbonyl (C=O) groups is 1. The van der Waals surface area contributed by atoms with E-state index in [1.807, 2.05) is 13.8 Å². The molecule has 0 aromatic heterocycles. The molecule has 0 radical (unpaired) electrons. The van der Waals surface area contributed by atoms with Crippen molar-refractivity contribution in [1.29, 1.82) is 0 Å². The SMILES string of the molecule is CCCC(C(=O)OCC)C1(O)CCN(C2CC2)C1. The van der Waals surface area contributed by atoms with Gasteiger partial charge in [-0.2, -0.15) is 0 Å². The number of likely N-dealkylation sites (tertiary alicyclic amines) is 1. The minimum absolute atomic E-state index is 0.223. The standard InChI is InChI=1S/C14H25NO3/c1-3-5-12(13(16)18-4-2)14(17)8-9-15(10-14)11-6-7-11/h11-12,17H,3-10H2,1-2H3. The molecule has 0 aromatic carbocycles. The van der Waals surface area contributed by atoms with Crippen LogP contribution in [0.2, 0.25) is 0 Å². The highest BCUT2D eigenvalue weighted by molar-refractivity contribution is 5.74. The normalized spacial score (nSPS) is 30.4. The van der Waals surface area contributed by atoms with Gasteiger partial charge < -0.3 is 9.84 Å². The van der Waals surface area contributed by atoms with Crippen LogP contribution in [0.4, 0.5) is 0 Å². The molecular formula is C14H25NO3. The molecule has 2 rings (SSSR count). The number of rotatable bonds is 6. The minimum atomic E-state index is -0.870. The number of aliphatic hydroxyl groups is 1. The Hall–Kier alpha value is -0.610. The zero-order valence-corrected chi connectivity index (χ0v) is 11.5. The summed E-state index contributed by atoms with van der Waals surface area (Å²) in [7, 11) is 0. The zero-order chi connectivity index (χ0) is 13.2. The first-order valence-electron chi connectivity index (χ1n) is 7.23. The fourth-order valence-electron chi connectivity index (χ4n) is 3.02. The maximum atomic E-state index is 12.0. The Balaban J connectivity index is 2.01. The van der Waals surface area contributed by atoms with Crippen LogP contribution in [0.3, 0.4) is 0 Å². The van der Waals surface area contributed by atoms with E-state index in [4.69, 9.17) is 4.74 Å². The maximum absolute atomic E-state index is 12.0. The van der Waals surface area contributed by atoms with E-state index in [0.717, 1.165) is 13.0 Å². The molecule has 2 aliphatic rings. The lowest BCUT2D eigenvalue weighted by molar-refractivity contribution is -0.158. The fraction of sp³-hybridized carbons (Fsp3) is 0.929. The molecule has 0 aromatic rings. The lowest BCUT2D eigenvalue weighted by Crippen LogP contribution is -2.45. The van der Waals surface area contributed by atoms with Gasteiger partial charge in [-0.1, -0.05) is 13.3 Å². The largest absolute Gasteiger partial charge is 0.466 e. The van der Waals surface area contributed by atoms with E-state index >= 15 is 0 Å². The Morgan fingerprint density at radius 3 is 2.78 bits per heavy atom. The molecule has 104 valence electrons.